The van der Waals surface area contributed by atoms with Crippen molar-refractivity contribution in [2.45, 2.75) is 6.61 Å². The van der Waals surface area contributed by atoms with Crippen molar-refractivity contribution in [3.63, 3.8) is 0 Å². The maximum Gasteiger partial charge on any atom is 0.311 e. The van der Waals surface area contributed by atoms with Crippen molar-refractivity contribution in [2.75, 3.05) is 26.2 Å². The van der Waals surface area contributed by atoms with Crippen molar-refractivity contribution >= 4 is 14.1 Å². The summed E-state index contributed by atoms with van der Waals surface area (Å²) in [4.78, 5) is 11.1. The van der Waals surface area contributed by atoms with E-state index in [-0.39, 0.29) is 11.4 Å². The highest BCUT2D eigenvalue weighted by molar-refractivity contribution is 7.48. The molecule has 3 aromatic carbocycles. The fourth-order valence-corrected chi connectivity index (χ4v) is 5.07. The number of nitro groups is 1. The van der Waals surface area contributed by atoms with Crippen LogP contribution in [0.15, 0.2) is 72.8 Å². The summed E-state index contributed by atoms with van der Waals surface area (Å²) in [6.45, 7) is 4.72. The van der Waals surface area contributed by atoms with Crippen LogP contribution in [0.5, 0.6) is 11.5 Å². The lowest BCUT2D eigenvalue weighted by Gasteiger charge is -2.18. The number of ether oxygens (including phenoxy) is 1. The first-order valence-electron chi connectivity index (χ1n) is 10.2. The van der Waals surface area contributed by atoms with E-state index in [4.69, 9.17) is 9.26 Å². The summed E-state index contributed by atoms with van der Waals surface area (Å²) in [5.74, 6) is 0.776. The highest BCUT2D eigenvalue weighted by Crippen LogP contribution is 2.53. The van der Waals surface area contributed by atoms with E-state index in [1.54, 1.807) is 12.1 Å². The highest BCUT2D eigenvalue weighted by atomic mass is 31.2. The summed E-state index contributed by atoms with van der Waals surface area (Å²) in [5.41, 5.74) is 2.96. The van der Waals surface area contributed by atoms with Gasteiger partial charge in [0, 0.05) is 32.2 Å². The SMILES string of the molecule is O=[N+]([O-])c1ccc(COP(N2CC2)N2CC2)cc1Oc1ccc(-c2ccccc2)cc1. The van der Waals surface area contributed by atoms with Crippen molar-refractivity contribution in [2.24, 2.45) is 0 Å². The van der Waals surface area contributed by atoms with Gasteiger partial charge in [0.2, 0.25) is 5.75 Å². The molecular formula is C23H22N3O4P. The Morgan fingerprint density at radius 1 is 0.871 bits per heavy atom. The molecule has 5 rings (SSSR count). The van der Waals surface area contributed by atoms with E-state index in [2.05, 4.69) is 9.34 Å². The Morgan fingerprint density at radius 2 is 1.52 bits per heavy atom. The van der Waals surface area contributed by atoms with Crippen LogP contribution in [0.1, 0.15) is 5.56 Å². The summed E-state index contributed by atoms with van der Waals surface area (Å²) in [6, 6.07) is 22.5. The van der Waals surface area contributed by atoms with Gasteiger partial charge in [0.1, 0.15) is 5.75 Å². The van der Waals surface area contributed by atoms with E-state index in [0.29, 0.717) is 12.4 Å². The Kier molecular flexibility index (Phi) is 5.66. The fraction of sp³-hybridized carbons (Fsp3) is 0.217. The molecule has 0 amide bonds. The normalized spacial score (nSPS) is 15.8. The third kappa shape index (κ3) is 4.92. The summed E-state index contributed by atoms with van der Waals surface area (Å²) < 4.78 is 16.7. The molecule has 7 nitrogen and oxygen atoms in total. The maximum atomic E-state index is 11.5. The van der Waals surface area contributed by atoms with Gasteiger partial charge in [-0.25, -0.2) is 9.34 Å². The summed E-state index contributed by atoms with van der Waals surface area (Å²) in [5, 5.41) is 11.5. The first kappa shape index (κ1) is 20.1. The number of hydrogen-bond donors (Lipinski definition) is 0. The predicted molar refractivity (Wildman–Crippen MR) is 120 cm³/mol. The van der Waals surface area contributed by atoms with Crippen LogP contribution in [0.4, 0.5) is 5.69 Å². The summed E-state index contributed by atoms with van der Waals surface area (Å²) in [6.07, 6.45) is 0. The van der Waals surface area contributed by atoms with E-state index in [9.17, 15) is 10.1 Å². The molecule has 31 heavy (non-hydrogen) atoms. The molecule has 0 bridgehead atoms. The van der Waals surface area contributed by atoms with Gasteiger partial charge in [-0.1, -0.05) is 42.5 Å². The van der Waals surface area contributed by atoms with Crippen molar-refractivity contribution in [3.05, 3.63) is 88.5 Å². The van der Waals surface area contributed by atoms with Crippen molar-refractivity contribution in [1.29, 1.82) is 0 Å². The minimum absolute atomic E-state index is 0.0602. The van der Waals surface area contributed by atoms with E-state index in [1.807, 2.05) is 54.6 Å². The molecule has 0 aliphatic carbocycles. The second kappa shape index (κ2) is 8.73. The first-order valence-corrected chi connectivity index (χ1v) is 11.4. The van der Waals surface area contributed by atoms with Crippen LogP contribution in [0.3, 0.4) is 0 Å². The van der Waals surface area contributed by atoms with Gasteiger partial charge >= 0.3 is 5.69 Å². The molecule has 2 saturated heterocycles. The maximum absolute atomic E-state index is 11.5. The molecule has 0 unspecified atom stereocenters. The Hall–Kier alpha value is -2.83. The lowest BCUT2D eigenvalue weighted by atomic mass is 10.1. The molecule has 8 heteroatoms. The van der Waals surface area contributed by atoms with Gasteiger partial charge in [-0.3, -0.25) is 10.1 Å². The van der Waals surface area contributed by atoms with Crippen LogP contribution >= 0.6 is 8.45 Å². The van der Waals surface area contributed by atoms with Crippen LogP contribution in [0.25, 0.3) is 11.1 Å². The average molecular weight is 435 g/mol. The highest BCUT2D eigenvalue weighted by Gasteiger charge is 2.39. The Bertz CT molecular complexity index is 1060. The number of rotatable bonds is 9. The van der Waals surface area contributed by atoms with Gasteiger partial charge in [-0.05, 0) is 41.0 Å². The summed E-state index contributed by atoms with van der Waals surface area (Å²) in [7, 11) is -0.692. The quantitative estimate of drug-likeness (QED) is 0.193. The second-order valence-electron chi connectivity index (χ2n) is 7.49. The molecule has 0 saturated carbocycles. The molecule has 0 spiro atoms. The van der Waals surface area contributed by atoms with Crippen LogP contribution in [-0.2, 0) is 11.1 Å². The van der Waals surface area contributed by atoms with Crippen LogP contribution in [0.2, 0.25) is 0 Å². The third-order valence-corrected chi connectivity index (χ3v) is 7.22. The minimum Gasteiger partial charge on any atom is -0.450 e. The number of benzene rings is 3. The van der Waals surface area contributed by atoms with Gasteiger partial charge in [0.05, 0.1) is 11.5 Å². The van der Waals surface area contributed by atoms with Gasteiger partial charge in [-0.15, -0.1) is 0 Å². The zero-order valence-corrected chi connectivity index (χ0v) is 17.8. The minimum atomic E-state index is -0.692. The molecule has 2 heterocycles. The van der Waals surface area contributed by atoms with Crippen LogP contribution in [0, 0.1) is 10.1 Å². The van der Waals surface area contributed by atoms with Gasteiger partial charge < -0.3 is 9.26 Å². The third-order valence-electron chi connectivity index (χ3n) is 5.09. The molecule has 0 aromatic heterocycles. The molecule has 2 fully saturated rings. The number of nitrogens with zero attached hydrogens (tertiary/aromatic N) is 3. The number of hydrogen-bond acceptors (Lipinski definition) is 6. The van der Waals surface area contributed by atoms with Gasteiger partial charge in [0.25, 0.3) is 0 Å². The molecule has 0 atom stereocenters. The Balaban J connectivity index is 1.32. The molecule has 0 N–H and O–H groups in total. The van der Waals surface area contributed by atoms with E-state index in [1.165, 1.54) is 6.07 Å². The van der Waals surface area contributed by atoms with Crippen molar-refractivity contribution in [3.8, 4) is 22.6 Å². The average Bonchev–Trinajstić information content (AvgIpc) is 3.70. The van der Waals surface area contributed by atoms with E-state index >= 15 is 0 Å². The molecule has 158 valence electrons. The number of nitro benzene ring substituents is 1. The molecule has 2 aliphatic rings. The van der Waals surface area contributed by atoms with Gasteiger partial charge in [0.15, 0.2) is 8.45 Å². The van der Waals surface area contributed by atoms with E-state index < -0.39 is 13.4 Å². The Labute approximate surface area is 181 Å². The lowest BCUT2D eigenvalue weighted by molar-refractivity contribution is -0.385. The summed E-state index contributed by atoms with van der Waals surface area (Å²) >= 11 is 0. The molecule has 2 aliphatic heterocycles. The van der Waals surface area contributed by atoms with Gasteiger partial charge in [-0.2, -0.15) is 0 Å². The van der Waals surface area contributed by atoms with E-state index in [0.717, 1.165) is 42.9 Å². The molecule has 3 aromatic rings. The molecule has 0 radical (unpaired) electrons. The second-order valence-corrected chi connectivity index (χ2v) is 9.38. The predicted octanol–water partition coefficient (Wildman–Crippen LogP) is 5.43. The topological polar surface area (TPSA) is 67.6 Å². The largest absolute Gasteiger partial charge is 0.450 e. The van der Waals surface area contributed by atoms with Crippen molar-refractivity contribution < 1.29 is 14.2 Å². The van der Waals surface area contributed by atoms with Crippen LogP contribution in [-0.4, -0.2) is 40.4 Å². The monoisotopic (exact) mass is 435 g/mol. The smallest absolute Gasteiger partial charge is 0.311 e. The fourth-order valence-electron chi connectivity index (χ4n) is 3.26. The van der Waals surface area contributed by atoms with Crippen LogP contribution < -0.4 is 4.74 Å². The first-order chi connectivity index (χ1) is 15.2. The lowest BCUT2D eigenvalue weighted by Crippen LogP contribution is -2.03. The van der Waals surface area contributed by atoms with Crippen molar-refractivity contribution in [1.82, 2.24) is 9.34 Å². The zero-order chi connectivity index (χ0) is 21.2. The standard InChI is InChI=1S/C23H22N3O4P/c27-26(28)22-11-6-18(17-29-31(24-12-13-24)25-14-15-25)16-23(22)30-21-9-7-20(8-10-21)19-4-2-1-3-5-19/h1-11,16H,12-15,17H2. The Morgan fingerprint density at radius 3 is 2.13 bits per heavy atom. The zero-order valence-electron chi connectivity index (χ0n) is 16.9. The molecular weight excluding hydrogens is 413 g/mol.